The van der Waals surface area contributed by atoms with Gasteiger partial charge in [0.15, 0.2) is 12.4 Å². The molecule has 51 heavy (non-hydrogen) atoms. The van der Waals surface area contributed by atoms with Crippen LogP contribution in [0, 0.1) is 11.6 Å². The molecule has 3 aromatic carbocycles. The van der Waals surface area contributed by atoms with Crippen LogP contribution in [-0.4, -0.2) is 36.8 Å². The third kappa shape index (κ3) is 10.2. The van der Waals surface area contributed by atoms with Crippen molar-refractivity contribution in [1.82, 2.24) is 4.57 Å². The van der Waals surface area contributed by atoms with E-state index in [0.717, 1.165) is 56.8 Å². The van der Waals surface area contributed by atoms with E-state index in [-0.39, 0.29) is 40.2 Å². The van der Waals surface area contributed by atoms with Crippen molar-refractivity contribution in [2.24, 2.45) is 0 Å². The maximum Gasteiger partial charge on any atom is 0.263 e. The minimum absolute atomic E-state index is 0. The van der Waals surface area contributed by atoms with Crippen molar-refractivity contribution in [2.45, 2.75) is 59.4 Å². The van der Waals surface area contributed by atoms with Gasteiger partial charge in [0.1, 0.15) is 41.0 Å². The van der Waals surface area contributed by atoms with Crippen LogP contribution in [-0.2, 0) is 6.54 Å². The molecule has 0 aliphatic rings. The van der Waals surface area contributed by atoms with Gasteiger partial charge in [0.25, 0.3) is 5.91 Å². The lowest BCUT2D eigenvalue weighted by molar-refractivity contribution is -0.697. The fourth-order valence-electron chi connectivity index (χ4n) is 5.94. The van der Waals surface area contributed by atoms with Crippen molar-refractivity contribution in [3.05, 3.63) is 119 Å². The molecule has 2 heterocycles. The summed E-state index contributed by atoms with van der Waals surface area (Å²) in [5.41, 5.74) is 0.435. The van der Waals surface area contributed by atoms with Gasteiger partial charge in [-0.1, -0.05) is 18.9 Å². The largest absolute Gasteiger partial charge is 1.00 e. The van der Waals surface area contributed by atoms with E-state index in [1.807, 2.05) is 32.0 Å². The highest BCUT2D eigenvalue weighted by Gasteiger charge is 2.24. The number of unbranched alkanes of at least 4 members (excludes halogenated alkanes) is 4. The zero-order valence-corrected chi connectivity index (χ0v) is 30.8. The summed E-state index contributed by atoms with van der Waals surface area (Å²) in [7, 11) is 0. The maximum atomic E-state index is 14.2. The highest BCUT2D eigenvalue weighted by molar-refractivity contribution is 6.07. The zero-order chi connectivity index (χ0) is 35.5. The van der Waals surface area contributed by atoms with Gasteiger partial charge in [0.2, 0.25) is 5.43 Å². The molecule has 0 radical (unpaired) electrons. The van der Waals surface area contributed by atoms with Crippen molar-refractivity contribution in [1.29, 1.82) is 0 Å². The first-order chi connectivity index (χ1) is 24.3. The Morgan fingerprint density at radius 1 is 0.765 bits per heavy atom. The highest BCUT2D eigenvalue weighted by Crippen LogP contribution is 2.30. The van der Waals surface area contributed by atoms with Gasteiger partial charge in [-0.2, -0.15) is 0 Å². The first kappa shape index (κ1) is 39.0. The molecule has 270 valence electrons. The molecule has 0 aliphatic heterocycles. The van der Waals surface area contributed by atoms with E-state index in [4.69, 9.17) is 14.2 Å². The maximum absolute atomic E-state index is 14.2. The molecule has 1 amide bonds. The number of hydrogen-bond donors (Lipinski definition) is 0. The van der Waals surface area contributed by atoms with Gasteiger partial charge in [-0.25, -0.2) is 13.3 Å². The van der Waals surface area contributed by atoms with Crippen molar-refractivity contribution in [2.75, 3.05) is 31.3 Å². The molecule has 0 saturated carbocycles. The van der Waals surface area contributed by atoms with Crippen LogP contribution < -0.4 is 46.1 Å². The fourth-order valence-corrected chi connectivity index (χ4v) is 5.94. The number of fused-ring (bicyclic) bond motifs is 1. The SMILES string of the molecule is CCOc1cc(OCC)cc(-n2cc(C(=O)N(CC)c3cc(F)cc(F)c3)c(=O)c3ccc(OCCCCCCC[n+]4ccccc4)cc32)c1.[Br-]. The molecule has 8 nitrogen and oxygen atoms in total. The summed E-state index contributed by atoms with van der Waals surface area (Å²) < 4.78 is 50.0. The van der Waals surface area contributed by atoms with E-state index in [2.05, 4.69) is 17.0 Å². The number of anilines is 1. The smallest absolute Gasteiger partial charge is 0.263 e. The predicted molar refractivity (Wildman–Crippen MR) is 191 cm³/mol. The number of aryl methyl sites for hydroxylation is 1. The lowest BCUT2D eigenvalue weighted by atomic mass is 10.1. The lowest BCUT2D eigenvalue weighted by Crippen LogP contribution is -3.00. The minimum atomic E-state index is -0.826. The topological polar surface area (TPSA) is 73.9 Å². The molecule has 0 unspecified atom stereocenters. The van der Waals surface area contributed by atoms with Gasteiger partial charge in [-0.3, -0.25) is 9.59 Å². The third-order valence-corrected chi connectivity index (χ3v) is 8.30. The summed E-state index contributed by atoms with van der Waals surface area (Å²) >= 11 is 0. The standard InChI is InChI=1S/C40H44F2N3O5.BrH/c1-4-44(31-22-29(41)21-30(42)23-31)40(47)37-28-45(32-24-34(48-5-2)26-35(25-32)49-6-3)38-27-33(15-16-36(38)39(37)46)50-20-14-9-7-8-11-17-43-18-12-10-13-19-43;/h10,12-13,15-16,18-19,21-28H,4-9,11,14,17,20H2,1-3H3;1H/q+1;/p-1. The van der Waals surface area contributed by atoms with Gasteiger partial charge in [0, 0.05) is 72.7 Å². The molecule has 0 aliphatic carbocycles. The minimum Gasteiger partial charge on any atom is -1.00 e. The van der Waals surface area contributed by atoms with Gasteiger partial charge in [0.05, 0.1) is 31.0 Å². The van der Waals surface area contributed by atoms with Crippen LogP contribution in [0.15, 0.2) is 96.2 Å². The molecule has 11 heteroatoms. The number of benzene rings is 3. The van der Waals surface area contributed by atoms with E-state index in [1.165, 1.54) is 11.1 Å². The van der Waals surface area contributed by atoms with E-state index < -0.39 is 23.0 Å². The molecule has 5 rings (SSSR count). The van der Waals surface area contributed by atoms with Gasteiger partial charge < -0.3 is 40.7 Å². The summed E-state index contributed by atoms with van der Waals surface area (Å²) in [5.74, 6) is -0.656. The molecular weight excluding hydrogens is 720 g/mol. The average molecular weight is 765 g/mol. The number of aromatic nitrogens is 2. The molecule has 0 N–H and O–H groups in total. The number of carbonyl (C=O) groups is 1. The molecule has 0 fully saturated rings. The summed E-state index contributed by atoms with van der Waals surface area (Å²) in [4.78, 5) is 29.1. The average Bonchev–Trinajstić information content (AvgIpc) is 3.10. The Balaban J connectivity index is 0.00000583. The van der Waals surface area contributed by atoms with E-state index >= 15 is 0 Å². The summed E-state index contributed by atoms with van der Waals surface area (Å²) in [6, 6.07) is 19.5. The first-order valence-corrected chi connectivity index (χ1v) is 17.3. The van der Waals surface area contributed by atoms with Crippen LogP contribution in [0.1, 0.15) is 63.2 Å². The summed E-state index contributed by atoms with van der Waals surface area (Å²) in [5, 5.41) is 0.278. The molecule has 0 bridgehead atoms. The van der Waals surface area contributed by atoms with Crippen LogP contribution in [0.2, 0.25) is 0 Å². The first-order valence-electron chi connectivity index (χ1n) is 17.3. The Kier molecular flexibility index (Phi) is 14.5. The molecule has 2 aromatic heterocycles. The van der Waals surface area contributed by atoms with Crippen LogP contribution >= 0.6 is 0 Å². The number of rotatable bonds is 17. The van der Waals surface area contributed by atoms with Crippen molar-refractivity contribution < 1.29 is 49.3 Å². The zero-order valence-electron chi connectivity index (χ0n) is 29.2. The van der Waals surface area contributed by atoms with Crippen molar-refractivity contribution >= 4 is 22.5 Å². The molecule has 0 spiro atoms. The van der Waals surface area contributed by atoms with Gasteiger partial charge >= 0.3 is 0 Å². The fraction of sp³-hybridized carbons (Fsp3) is 0.325. The number of ether oxygens (including phenoxy) is 3. The van der Waals surface area contributed by atoms with Crippen molar-refractivity contribution in [3.63, 3.8) is 0 Å². The second kappa shape index (κ2) is 19.0. The van der Waals surface area contributed by atoms with Gasteiger partial charge in [-0.05, 0) is 57.9 Å². The van der Waals surface area contributed by atoms with Crippen LogP contribution in [0.3, 0.4) is 0 Å². The summed E-state index contributed by atoms with van der Waals surface area (Å²) in [6.07, 6.45) is 10.9. The van der Waals surface area contributed by atoms with E-state index in [9.17, 15) is 18.4 Å². The Morgan fingerprint density at radius 2 is 1.41 bits per heavy atom. The number of nitrogens with zero attached hydrogens (tertiary/aromatic N) is 3. The molecule has 0 atom stereocenters. The van der Waals surface area contributed by atoms with Crippen molar-refractivity contribution in [3.8, 4) is 22.9 Å². The Labute approximate surface area is 308 Å². The number of halogens is 3. The number of carbonyl (C=O) groups excluding carboxylic acids is 1. The van der Waals surface area contributed by atoms with E-state index in [0.29, 0.717) is 48.3 Å². The van der Waals surface area contributed by atoms with Crippen LogP contribution in [0.4, 0.5) is 14.5 Å². The molecule has 5 aromatic rings. The second-order valence-corrected chi connectivity index (χ2v) is 11.9. The predicted octanol–water partition coefficient (Wildman–Crippen LogP) is 5.05. The second-order valence-electron chi connectivity index (χ2n) is 11.9. The lowest BCUT2D eigenvalue weighted by Gasteiger charge is -2.22. The highest BCUT2D eigenvalue weighted by atomic mass is 79.9. The Morgan fingerprint density at radius 3 is 2.06 bits per heavy atom. The summed E-state index contributed by atoms with van der Waals surface area (Å²) in [6.45, 7) is 7.86. The van der Waals surface area contributed by atoms with E-state index in [1.54, 1.807) is 47.9 Å². The Hall–Kier alpha value is -4.77. The molecular formula is C40H44BrF2N3O5. The Bertz CT molecular complexity index is 1930. The number of hydrogen-bond acceptors (Lipinski definition) is 5. The quantitative estimate of drug-likeness (QED) is 0.0980. The normalized spacial score (nSPS) is 10.8. The van der Waals surface area contributed by atoms with Crippen LogP contribution in [0.5, 0.6) is 17.2 Å². The molecule has 0 saturated heterocycles. The monoisotopic (exact) mass is 763 g/mol. The van der Waals surface area contributed by atoms with Gasteiger partial charge in [-0.15, -0.1) is 0 Å². The number of pyridine rings is 2. The number of amides is 1. The third-order valence-electron chi connectivity index (χ3n) is 8.30. The van der Waals surface area contributed by atoms with Crippen LogP contribution in [0.25, 0.3) is 16.6 Å².